The lowest BCUT2D eigenvalue weighted by atomic mass is 9.97. The summed E-state index contributed by atoms with van der Waals surface area (Å²) >= 11 is 0. The largest absolute Gasteiger partial charge is 0.378 e. The normalized spacial score (nSPS) is 13.9. The summed E-state index contributed by atoms with van der Waals surface area (Å²) in [4.78, 5) is 30.0. The van der Waals surface area contributed by atoms with Crippen LogP contribution in [0.3, 0.4) is 0 Å². The second-order valence-electron chi connectivity index (χ2n) is 14.3. The van der Waals surface area contributed by atoms with Crippen molar-refractivity contribution in [3.63, 3.8) is 0 Å². The number of aryl methyl sites for hydroxylation is 2. The van der Waals surface area contributed by atoms with Gasteiger partial charge in [-0.3, -0.25) is 9.59 Å². The zero-order chi connectivity index (χ0) is 40.4. The summed E-state index contributed by atoms with van der Waals surface area (Å²) in [6.07, 6.45) is 0. The highest BCUT2D eigenvalue weighted by molar-refractivity contribution is 6.06. The number of carbonyl (C=O) groups is 2. The van der Waals surface area contributed by atoms with Crippen LogP contribution in [0.5, 0.6) is 0 Å². The molecule has 2 fully saturated rings. The van der Waals surface area contributed by atoms with Gasteiger partial charge in [0.2, 0.25) is 0 Å². The van der Waals surface area contributed by atoms with E-state index in [2.05, 4.69) is 20.4 Å². The third-order valence-corrected chi connectivity index (χ3v) is 10.3. The van der Waals surface area contributed by atoms with Gasteiger partial charge in [-0.2, -0.15) is 0 Å². The van der Waals surface area contributed by atoms with E-state index in [1.54, 1.807) is 42.5 Å². The van der Waals surface area contributed by atoms with E-state index in [1.807, 2.05) is 86.6 Å². The number of halogens is 2. The third kappa shape index (κ3) is 9.95. The van der Waals surface area contributed by atoms with Crippen molar-refractivity contribution in [2.24, 2.45) is 0 Å². The number of morpholine rings is 2. The van der Waals surface area contributed by atoms with E-state index < -0.39 is 0 Å². The van der Waals surface area contributed by atoms with Crippen LogP contribution in [-0.4, -0.2) is 64.4 Å². The highest BCUT2D eigenvalue weighted by Crippen LogP contribution is 2.29. The van der Waals surface area contributed by atoms with Crippen LogP contribution in [0.4, 0.5) is 31.5 Å². The van der Waals surface area contributed by atoms with Crippen LogP contribution in [0.25, 0.3) is 22.3 Å². The molecular formula is C48H46F2N4O4. The van der Waals surface area contributed by atoms with Gasteiger partial charge >= 0.3 is 0 Å². The summed E-state index contributed by atoms with van der Waals surface area (Å²) in [6.45, 7) is 10.3. The average molecular weight is 781 g/mol. The molecule has 0 atom stereocenters. The van der Waals surface area contributed by atoms with Crippen molar-refractivity contribution in [1.82, 2.24) is 0 Å². The van der Waals surface area contributed by atoms with Crippen LogP contribution in [-0.2, 0) is 9.47 Å². The lowest BCUT2D eigenvalue weighted by Crippen LogP contribution is -2.36. The molecule has 2 aliphatic rings. The minimum absolute atomic E-state index is 0.193. The van der Waals surface area contributed by atoms with E-state index in [1.165, 1.54) is 18.2 Å². The van der Waals surface area contributed by atoms with E-state index in [9.17, 15) is 18.4 Å². The number of hydrogen-bond donors (Lipinski definition) is 2. The second kappa shape index (κ2) is 18.7. The Balaban J connectivity index is 0.000000177. The number of carbonyl (C=O) groups excluding carboxylic acids is 2. The number of nitrogens with one attached hydrogen (secondary N) is 2. The van der Waals surface area contributed by atoms with Crippen LogP contribution in [0.2, 0.25) is 0 Å². The molecule has 0 aliphatic carbocycles. The molecule has 6 aromatic carbocycles. The first-order valence-corrected chi connectivity index (χ1v) is 19.4. The number of nitrogens with zero attached hydrogens (tertiary/aromatic N) is 2. The molecule has 0 saturated carbocycles. The molecule has 2 heterocycles. The molecule has 10 heteroatoms. The summed E-state index contributed by atoms with van der Waals surface area (Å²) < 4.78 is 38.6. The molecule has 6 aromatic rings. The van der Waals surface area contributed by atoms with Gasteiger partial charge in [-0.25, -0.2) is 8.78 Å². The lowest BCUT2D eigenvalue weighted by molar-refractivity contribution is 0.101. The lowest BCUT2D eigenvalue weighted by Gasteiger charge is -2.28. The Kier molecular flexibility index (Phi) is 12.9. The second-order valence-corrected chi connectivity index (χ2v) is 14.3. The first-order valence-electron chi connectivity index (χ1n) is 19.4. The number of anilines is 4. The minimum atomic E-state index is -0.299. The molecule has 0 spiro atoms. The fourth-order valence-electron chi connectivity index (χ4n) is 7.02. The standard InChI is InChI=1S/2C24H23FN2O2/c1-17-5-6-19(16-23(17)18-3-2-4-20(25)15-18)24(28)26-21-7-9-22(10-8-21)27-11-13-29-14-12-27;1-17-6-7-18(16-22(17)21-4-2-3-5-23(21)25)24(28)26-19-8-10-20(11-9-19)27-12-14-29-15-13-27/h2-10,15-16H,11-14H2,1H3,(H,26,28);2-11,16H,12-15H2,1H3,(H,26,28). The van der Waals surface area contributed by atoms with Gasteiger partial charge in [0.05, 0.1) is 26.4 Å². The van der Waals surface area contributed by atoms with Gasteiger partial charge < -0.3 is 29.9 Å². The van der Waals surface area contributed by atoms with Crippen molar-refractivity contribution in [2.75, 3.05) is 73.0 Å². The number of hydrogen-bond acceptors (Lipinski definition) is 6. The molecule has 58 heavy (non-hydrogen) atoms. The summed E-state index contributed by atoms with van der Waals surface area (Å²) in [6, 6.07) is 39.5. The number of amides is 2. The van der Waals surface area contributed by atoms with Crippen molar-refractivity contribution in [1.29, 1.82) is 0 Å². The molecule has 0 radical (unpaired) electrons. The summed E-state index contributed by atoms with van der Waals surface area (Å²) in [7, 11) is 0. The van der Waals surface area contributed by atoms with Crippen LogP contribution < -0.4 is 20.4 Å². The molecular weight excluding hydrogens is 735 g/mol. The first kappa shape index (κ1) is 39.9. The molecule has 2 aliphatic heterocycles. The monoisotopic (exact) mass is 780 g/mol. The average Bonchev–Trinajstić information content (AvgIpc) is 3.25. The highest BCUT2D eigenvalue weighted by Gasteiger charge is 2.16. The molecule has 2 saturated heterocycles. The number of benzene rings is 6. The van der Waals surface area contributed by atoms with E-state index in [4.69, 9.17) is 9.47 Å². The molecule has 296 valence electrons. The summed E-state index contributed by atoms with van der Waals surface area (Å²) in [5.41, 5.74) is 9.44. The Morgan fingerprint density at radius 3 is 1.50 bits per heavy atom. The van der Waals surface area contributed by atoms with Gasteiger partial charge in [-0.05, 0) is 133 Å². The van der Waals surface area contributed by atoms with Crippen LogP contribution >= 0.6 is 0 Å². The smallest absolute Gasteiger partial charge is 0.255 e. The van der Waals surface area contributed by atoms with Gasteiger partial charge in [0.1, 0.15) is 11.6 Å². The first-order chi connectivity index (χ1) is 28.2. The Bertz CT molecular complexity index is 2360. The maximum Gasteiger partial charge on any atom is 0.255 e. The topological polar surface area (TPSA) is 83.1 Å². The molecule has 0 aromatic heterocycles. The van der Waals surface area contributed by atoms with Gasteiger partial charge in [0, 0.05) is 65.6 Å². The van der Waals surface area contributed by atoms with Gasteiger partial charge in [-0.1, -0.05) is 42.5 Å². The van der Waals surface area contributed by atoms with Crippen LogP contribution in [0.15, 0.2) is 133 Å². The molecule has 0 unspecified atom stereocenters. The van der Waals surface area contributed by atoms with Crippen molar-refractivity contribution < 1.29 is 27.8 Å². The van der Waals surface area contributed by atoms with E-state index >= 15 is 0 Å². The minimum Gasteiger partial charge on any atom is -0.378 e. The van der Waals surface area contributed by atoms with Crippen LogP contribution in [0.1, 0.15) is 31.8 Å². The van der Waals surface area contributed by atoms with Gasteiger partial charge in [0.15, 0.2) is 0 Å². The zero-order valence-corrected chi connectivity index (χ0v) is 32.6. The summed E-state index contributed by atoms with van der Waals surface area (Å²) in [5, 5.41) is 5.87. The molecule has 2 N–H and O–H groups in total. The fraction of sp³-hybridized carbons (Fsp3) is 0.208. The zero-order valence-electron chi connectivity index (χ0n) is 32.6. The molecule has 8 nitrogen and oxygen atoms in total. The van der Waals surface area contributed by atoms with E-state index in [0.717, 1.165) is 103 Å². The fourth-order valence-corrected chi connectivity index (χ4v) is 7.02. The maximum atomic E-state index is 14.2. The predicted molar refractivity (Wildman–Crippen MR) is 228 cm³/mol. The number of rotatable bonds is 8. The van der Waals surface area contributed by atoms with Gasteiger partial charge in [-0.15, -0.1) is 0 Å². The quantitative estimate of drug-likeness (QED) is 0.160. The van der Waals surface area contributed by atoms with Crippen molar-refractivity contribution in [3.05, 3.63) is 167 Å². The van der Waals surface area contributed by atoms with Crippen molar-refractivity contribution >= 4 is 34.6 Å². The Morgan fingerprint density at radius 1 is 0.517 bits per heavy atom. The van der Waals surface area contributed by atoms with Crippen LogP contribution in [0, 0.1) is 25.5 Å². The Labute approximate surface area is 338 Å². The molecule has 0 bridgehead atoms. The number of ether oxygens (including phenoxy) is 2. The summed E-state index contributed by atoms with van der Waals surface area (Å²) in [5.74, 6) is -1.01. The van der Waals surface area contributed by atoms with E-state index in [0.29, 0.717) is 16.7 Å². The predicted octanol–water partition coefficient (Wildman–Crippen LogP) is 9.78. The molecule has 8 rings (SSSR count). The van der Waals surface area contributed by atoms with Crippen molar-refractivity contribution in [2.45, 2.75) is 13.8 Å². The highest BCUT2D eigenvalue weighted by atomic mass is 19.1. The maximum absolute atomic E-state index is 14.2. The Morgan fingerprint density at radius 2 is 1.00 bits per heavy atom. The van der Waals surface area contributed by atoms with Crippen molar-refractivity contribution in [3.8, 4) is 22.3 Å². The molecule has 2 amide bonds. The van der Waals surface area contributed by atoms with E-state index in [-0.39, 0.29) is 23.4 Å². The Hall–Kier alpha value is -6.36. The van der Waals surface area contributed by atoms with Gasteiger partial charge in [0.25, 0.3) is 11.8 Å². The third-order valence-electron chi connectivity index (χ3n) is 10.3. The SMILES string of the molecule is Cc1ccc(C(=O)Nc2ccc(N3CCOCC3)cc2)cc1-c1cccc(F)c1.Cc1ccc(C(=O)Nc2ccc(N3CCOCC3)cc2)cc1-c1ccccc1F.